The summed E-state index contributed by atoms with van der Waals surface area (Å²) in [6.07, 6.45) is 0.940. The minimum atomic E-state index is -3.59. The number of hydrogen-bond acceptors (Lipinski definition) is 5. The molecule has 116 valence electrons. The van der Waals surface area contributed by atoms with Crippen LogP contribution in [0.5, 0.6) is 0 Å². The van der Waals surface area contributed by atoms with Crippen molar-refractivity contribution in [2.45, 2.75) is 4.90 Å². The lowest BCUT2D eigenvalue weighted by molar-refractivity contribution is -0.384. The van der Waals surface area contributed by atoms with E-state index < -0.39 is 26.3 Å². The Morgan fingerprint density at radius 2 is 1.91 bits per heavy atom. The predicted molar refractivity (Wildman–Crippen MR) is 80.9 cm³/mol. The van der Waals surface area contributed by atoms with Gasteiger partial charge in [-0.05, 0) is 24.3 Å². The van der Waals surface area contributed by atoms with Crippen LogP contribution in [0.4, 0.5) is 21.5 Å². The predicted octanol–water partition coefficient (Wildman–Crippen LogP) is 3.53. The van der Waals surface area contributed by atoms with Crippen molar-refractivity contribution in [2.24, 2.45) is 0 Å². The normalized spacial score (nSPS) is 11.2. The van der Waals surface area contributed by atoms with E-state index in [1.54, 1.807) is 0 Å². The number of hydrogen-bond donors (Lipinski definition) is 1. The highest BCUT2D eigenvalue weighted by Gasteiger charge is 2.19. The molecule has 0 fully saturated rings. The van der Waals surface area contributed by atoms with E-state index in [9.17, 15) is 22.9 Å². The quantitative estimate of drug-likeness (QED) is 0.677. The molecule has 0 aliphatic heterocycles. The Hall–Kier alpha value is -2.19. The van der Waals surface area contributed by atoms with Gasteiger partial charge in [-0.15, -0.1) is 0 Å². The van der Waals surface area contributed by atoms with Gasteiger partial charge < -0.3 is 5.32 Å². The van der Waals surface area contributed by atoms with Crippen molar-refractivity contribution >= 4 is 38.5 Å². The molecule has 2 aromatic rings. The maximum Gasteiger partial charge on any atom is 0.293 e. The molecule has 0 bridgehead atoms. The van der Waals surface area contributed by atoms with Crippen LogP contribution in [0, 0.1) is 15.9 Å². The van der Waals surface area contributed by atoms with Gasteiger partial charge >= 0.3 is 0 Å². The van der Waals surface area contributed by atoms with Gasteiger partial charge in [-0.3, -0.25) is 10.1 Å². The highest BCUT2D eigenvalue weighted by molar-refractivity contribution is 7.90. The molecule has 0 aliphatic carbocycles. The van der Waals surface area contributed by atoms with Crippen molar-refractivity contribution in [1.29, 1.82) is 0 Å². The van der Waals surface area contributed by atoms with E-state index in [1.165, 1.54) is 30.3 Å². The fourth-order valence-corrected chi connectivity index (χ4v) is 2.56. The third-order valence-electron chi connectivity index (χ3n) is 2.81. The highest BCUT2D eigenvalue weighted by Crippen LogP contribution is 2.32. The average molecular weight is 345 g/mol. The third kappa shape index (κ3) is 3.34. The van der Waals surface area contributed by atoms with Crippen LogP contribution in [-0.4, -0.2) is 19.6 Å². The van der Waals surface area contributed by atoms with Crippen LogP contribution in [0.3, 0.4) is 0 Å². The Balaban J connectivity index is 2.52. The van der Waals surface area contributed by atoms with Gasteiger partial charge in [0, 0.05) is 12.3 Å². The van der Waals surface area contributed by atoms with E-state index in [0.29, 0.717) is 0 Å². The van der Waals surface area contributed by atoms with Crippen molar-refractivity contribution in [3.8, 4) is 0 Å². The van der Waals surface area contributed by atoms with Crippen molar-refractivity contribution in [3.63, 3.8) is 0 Å². The third-order valence-corrected chi connectivity index (χ3v) is 4.22. The lowest BCUT2D eigenvalue weighted by atomic mass is 10.2. The zero-order chi connectivity index (χ0) is 16.5. The van der Waals surface area contributed by atoms with Crippen LogP contribution in [0.2, 0.25) is 5.02 Å². The minimum Gasteiger partial charge on any atom is -0.347 e. The summed E-state index contributed by atoms with van der Waals surface area (Å²) in [4.78, 5) is 10.1. The van der Waals surface area contributed by atoms with Gasteiger partial charge in [0.1, 0.15) is 5.69 Å². The molecule has 2 rings (SSSR count). The lowest BCUT2D eigenvalue weighted by Crippen LogP contribution is -2.02. The Morgan fingerprint density at radius 1 is 1.23 bits per heavy atom. The van der Waals surface area contributed by atoms with E-state index in [4.69, 9.17) is 11.6 Å². The van der Waals surface area contributed by atoms with E-state index >= 15 is 0 Å². The summed E-state index contributed by atoms with van der Waals surface area (Å²) in [5, 5.41) is 13.5. The maximum atomic E-state index is 13.8. The first-order valence-corrected chi connectivity index (χ1v) is 8.16. The van der Waals surface area contributed by atoms with Gasteiger partial charge in [0.25, 0.3) is 5.69 Å². The average Bonchev–Trinajstić information content (AvgIpc) is 2.43. The van der Waals surface area contributed by atoms with Crippen molar-refractivity contribution in [3.05, 3.63) is 57.4 Å². The fourth-order valence-electron chi connectivity index (χ4n) is 1.74. The van der Waals surface area contributed by atoms with Crippen molar-refractivity contribution < 1.29 is 17.7 Å². The number of nitrogens with zero attached hydrogens (tertiary/aromatic N) is 1. The molecule has 0 radical (unpaired) electrons. The molecule has 9 heteroatoms. The summed E-state index contributed by atoms with van der Waals surface area (Å²) in [6, 6.07) is 7.49. The first kappa shape index (κ1) is 16.2. The molecular weight excluding hydrogens is 335 g/mol. The Bertz CT molecular complexity index is 855. The first-order valence-electron chi connectivity index (χ1n) is 5.89. The molecule has 0 aliphatic rings. The lowest BCUT2D eigenvalue weighted by Gasteiger charge is -2.09. The highest BCUT2D eigenvalue weighted by atomic mass is 35.5. The summed E-state index contributed by atoms with van der Waals surface area (Å²) in [5.74, 6) is -0.759. The molecule has 0 saturated heterocycles. The number of nitro groups is 1. The molecule has 0 atom stereocenters. The molecule has 0 spiro atoms. The van der Waals surface area contributed by atoms with E-state index in [2.05, 4.69) is 5.32 Å². The molecule has 1 N–H and O–H groups in total. The summed E-state index contributed by atoms with van der Waals surface area (Å²) < 4.78 is 36.7. The first-order chi connectivity index (χ1) is 10.2. The Morgan fingerprint density at radius 3 is 2.50 bits per heavy atom. The van der Waals surface area contributed by atoms with E-state index in [1.807, 2.05) is 0 Å². The van der Waals surface area contributed by atoms with Crippen LogP contribution in [0.15, 0.2) is 41.3 Å². The molecule has 0 amide bonds. The molecule has 0 heterocycles. The monoisotopic (exact) mass is 344 g/mol. The fraction of sp³-hybridized carbons (Fsp3) is 0.0769. The van der Waals surface area contributed by atoms with Crippen LogP contribution in [0.1, 0.15) is 0 Å². The Labute approximate surface area is 130 Å². The number of halogens is 2. The Kier molecular flexibility index (Phi) is 4.34. The van der Waals surface area contributed by atoms with Gasteiger partial charge in [-0.2, -0.15) is 0 Å². The minimum absolute atomic E-state index is 0.0430. The zero-order valence-electron chi connectivity index (χ0n) is 11.2. The number of anilines is 2. The number of benzene rings is 2. The second kappa shape index (κ2) is 5.90. The largest absolute Gasteiger partial charge is 0.347 e. The molecular formula is C13H10ClFN2O4S. The molecule has 22 heavy (non-hydrogen) atoms. The summed E-state index contributed by atoms with van der Waals surface area (Å²) in [7, 11) is -3.59. The topological polar surface area (TPSA) is 89.3 Å². The van der Waals surface area contributed by atoms with Gasteiger partial charge in [-0.1, -0.05) is 17.7 Å². The van der Waals surface area contributed by atoms with Gasteiger partial charge in [0.15, 0.2) is 15.7 Å². The number of sulfone groups is 1. The second-order valence-corrected chi connectivity index (χ2v) is 6.86. The maximum absolute atomic E-state index is 13.8. The van der Waals surface area contributed by atoms with Gasteiger partial charge in [0.05, 0.1) is 20.5 Å². The van der Waals surface area contributed by atoms with Crippen molar-refractivity contribution in [1.82, 2.24) is 0 Å². The molecule has 0 aromatic heterocycles. The van der Waals surface area contributed by atoms with Crippen LogP contribution < -0.4 is 5.32 Å². The van der Waals surface area contributed by atoms with Crippen molar-refractivity contribution in [2.75, 3.05) is 11.6 Å². The standard InChI is InChI=1S/C13H10ClFN2O4S/c1-22(20,21)8-5-6-10(12(7-8)17(18)19)16-11-4-2-3-9(14)13(11)15/h2-7,16H,1H3. The van der Waals surface area contributed by atoms with Crippen LogP contribution in [-0.2, 0) is 9.84 Å². The SMILES string of the molecule is CS(=O)(=O)c1ccc(Nc2cccc(Cl)c2F)c([N+](=O)[O-])c1. The smallest absolute Gasteiger partial charge is 0.293 e. The summed E-state index contributed by atoms with van der Waals surface area (Å²) in [5.41, 5.74) is -0.580. The van der Waals surface area contributed by atoms with Gasteiger partial charge in [0.2, 0.25) is 0 Å². The summed E-state index contributed by atoms with van der Waals surface area (Å²) in [6.45, 7) is 0. The zero-order valence-corrected chi connectivity index (χ0v) is 12.8. The molecule has 0 saturated carbocycles. The molecule has 6 nitrogen and oxygen atoms in total. The molecule has 2 aromatic carbocycles. The van der Waals surface area contributed by atoms with Crippen LogP contribution in [0.25, 0.3) is 0 Å². The second-order valence-electron chi connectivity index (χ2n) is 4.43. The number of rotatable bonds is 4. The number of nitro benzene ring substituents is 1. The number of nitrogens with one attached hydrogen (secondary N) is 1. The van der Waals surface area contributed by atoms with E-state index in [0.717, 1.165) is 12.3 Å². The molecule has 0 unspecified atom stereocenters. The van der Waals surface area contributed by atoms with Crippen LogP contribution >= 0.6 is 11.6 Å². The summed E-state index contributed by atoms with van der Waals surface area (Å²) >= 11 is 5.64. The van der Waals surface area contributed by atoms with E-state index in [-0.39, 0.29) is 21.3 Å². The van der Waals surface area contributed by atoms with Gasteiger partial charge in [-0.25, -0.2) is 12.8 Å².